The van der Waals surface area contributed by atoms with Crippen molar-refractivity contribution in [1.29, 1.82) is 0 Å². The number of likely N-dealkylation sites (N-methyl/N-ethyl adjacent to an activating group) is 1. The van der Waals surface area contributed by atoms with Crippen LogP contribution < -0.4 is 5.32 Å². The zero-order chi connectivity index (χ0) is 8.27. The molecule has 11 heavy (non-hydrogen) atoms. The average molecular weight is 158 g/mol. The summed E-state index contributed by atoms with van der Waals surface area (Å²) in [7, 11) is 2.13. The predicted molar refractivity (Wildman–Crippen MR) is 45.6 cm³/mol. The van der Waals surface area contributed by atoms with Crippen molar-refractivity contribution < 1.29 is 5.11 Å². The van der Waals surface area contributed by atoms with Gasteiger partial charge >= 0.3 is 0 Å². The summed E-state index contributed by atoms with van der Waals surface area (Å²) < 4.78 is 0. The fraction of sp³-hybridized carbons (Fsp3) is 1.00. The van der Waals surface area contributed by atoms with E-state index in [1.54, 1.807) is 0 Å². The molecule has 3 heteroatoms. The molecule has 1 aliphatic rings. The third kappa shape index (κ3) is 2.77. The first-order valence-corrected chi connectivity index (χ1v) is 4.28. The molecular weight excluding hydrogens is 140 g/mol. The van der Waals surface area contributed by atoms with Crippen molar-refractivity contribution in [2.45, 2.75) is 25.4 Å². The van der Waals surface area contributed by atoms with Gasteiger partial charge in [-0.1, -0.05) is 0 Å². The molecule has 1 aliphatic heterocycles. The maximum atomic E-state index is 8.73. The van der Waals surface area contributed by atoms with Gasteiger partial charge in [-0.25, -0.2) is 0 Å². The van der Waals surface area contributed by atoms with Crippen LogP contribution in [0.5, 0.6) is 0 Å². The lowest BCUT2D eigenvalue weighted by molar-refractivity contribution is 0.170. The van der Waals surface area contributed by atoms with Crippen molar-refractivity contribution >= 4 is 0 Å². The molecule has 2 N–H and O–H groups in total. The number of nitrogens with one attached hydrogen (secondary N) is 1. The monoisotopic (exact) mass is 158 g/mol. The lowest BCUT2D eigenvalue weighted by atomic mass is 10.1. The molecule has 66 valence electrons. The van der Waals surface area contributed by atoms with Crippen LogP contribution in [0.4, 0.5) is 0 Å². The summed E-state index contributed by atoms with van der Waals surface area (Å²) in [4.78, 5) is 2.31. The Hall–Kier alpha value is -0.120. The number of piperazine rings is 1. The van der Waals surface area contributed by atoms with Gasteiger partial charge in [0, 0.05) is 31.8 Å². The third-order valence-corrected chi connectivity index (χ3v) is 2.12. The third-order valence-electron chi connectivity index (χ3n) is 2.12. The Morgan fingerprint density at radius 1 is 1.55 bits per heavy atom. The van der Waals surface area contributed by atoms with E-state index in [0.29, 0.717) is 12.1 Å². The molecule has 1 fully saturated rings. The van der Waals surface area contributed by atoms with Crippen LogP contribution in [0.1, 0.15) is 13.3 Å². The Bertz CT molecular complexity index is 109. The van der Waals surface area contributed by atoms with Crippen LogP contribution in [0.2, 0.25) is 0 Å². The quantitative estimate of drug-likeness (QED) is 0.577. The smallest absolute Gasteiger partial charge is 0.0446 e. The zero-order valence-corrected chi connectivity index (χ0v) is 7.38. The molecule has 1 heterocycles. The molecule has 1 saturated heterocycles. The molecule has 2 atom stereocenters. The number of nitrogens with zero attached hydrogens (tertiary/aromatic N) is 1. The van der Waals surface area contributed by atoms with Gasteiger partial charge in [0.05, 0.1) is 0 Å². The molecule has 0 spiro atoms. The Kier molecular flexibility index (Phi) is 3.30. The summed E-state index contributed by atoms with van der Waals surface area (Å²) in [5.41, 5.74) is 0. The van der Waals surface area contributed by atoms with Crippen LogP contribution in [-0.2, 0) is 0 Å². The molecule has 3 nitrogen and oxygen atoms in total. The molecule has 0 aromatic carbocycles. The maximum absolute atomic E-state index is 8.73. The fourth-order valence-corrected chi connectivity index (χ4v) is 1.76. The number of aliphatic hydroxyl groups is 1. The molecule has 0 amide bonds. The Morgan fingerprint density at radius 3 is 2.82 bits per heavy atom. The van der Waals surface area contributed by atoms with E-state index in [1.807, 2.05) is 0 Å². The maximum Gasteiger partial charge on any atom is 0.0446 e. The molecule has 0 bridgehead atoms. The van der Waals surface area contributed by atoms with Gasteiger partial charge in [0.15, 0.2) is 0 Å². The summed E-state index contributed by atoms with van der Waals surface area (Å²) in [6.45, 7) is 4.64. The highest BCUT2D eigenvalue weighted by atomic mass is 16.3. The van der Waals surface area contributed by atoms with Crippen molar-refractivity contribution in [1.82, 2.24) is 10.2 Å². The van der Waals surface area contributed by atoms with Crippen LogP contribution in [0.3, 0.4) is 0 Å². The van der Waals surface area contributed by atoms with Crippen LogP contribution in [0, 0.1) is 0 Å². The molecule has 0 radical (unpaired) electrons. The Morgan fingerprint density at radius 2 is 2.27 bits per heavy atom. The fourth-order valence-electron chi connectivity index (χ4n) is 1.76. The molecule has 1 rings (SSSR count). The first kappa shape index (κ1) is 8.97. The lowest BCUT2D eigenvalue weighted by Gasteiger charge is -2.35. The second-order valence-corrected chi connectivity index (χ2v) is 3.50. The summed E-state index contributed by atoms with van der Waals surface area (Å²) in [5.74, 6) is 0. The predicted octanol–water partition coefficient (Wildman–Crippen LogP) is -0.339. The standard InChI is InChI=1S/C8H18N2O/c1-7-5-10(2)6-8(9-7)3-4-11/h7-9,11H,3-6H2,1-2H3. The van der Waals surface area contributed by atoms with E-state index in [-0.39, 0.29) is 6.61 Å². The average Bonchev–Trinajstić information content (AvgIpc) is 1.85. The van der Waals surface area contributed by atoms with Crippen LogP contribution in [0.15, 0.2) is 0 Å². The van der Waals surface area contributed by atoms with Gasteiger partial charge in [-0.05, 0) is 20.4 Å². The van der Waals surface area contributed by atoms with E-state index >= 15 is 0 Å². The molecular formula is C8H18N2O. The van der Waals surface area contributed by atoms with Crippen molar-refractivity contribution in [2.24, 2.45) is 0 Å². The molecule has 2 unspecified atom stereocenters. The van der Waals surface area contributed by atoms with Crippen molar-refractivity contribution in [3.8, 4) is 0 Å². The second-order valence-electron chi connectivity index (χ2n) is 3.50. The van der Waals surface area contributed by atoms with Crippen LogP contribution in [0.25, 0.3) is 0 Å². The first-order chi connectivity index (χ1) is 5.22. The van der Waals surface area contributed by atoms with Crippen molar-refractivity contribution in [3.05, 3.63) is 0 Å². The zero-order valence-electron chi connectivity index (χ0n) is 7.38. The minimum absolute atomic E-state index is 0.290. The summed E-state index contributed by atoms with van der Waals surface area (Å²) in [6.07, 6.45) is 0.870. The highest BCUT2D eigenvalue weighted by Crippen LogP contribution is 2.03. The number of rotatable bonds is 2. The van der Waals surface area contributed by atoms with Crippen LogP contribution in [-0.4, -0.2) is 48.8 Å². The Labute approximate surface area is 68.4 Å². The van der Waals surface area contributed by atoms with Gasteiger partial charge in [-0.15, -0.1) is 0 Å². The van der Waals surface area contributed by atoms with Gasteiger partial charge in [0.2, 0.25) is 0 Å². The van der Waals surface area contributed by atoms with Gasteiger partial charge in [0.25, 0.3) is 0 Å². The summed E-state index contributed by atoms with van der Waals surface area (Å²) in [6, 6.07) is 1.04. The molecule has 0 aromatic rings. The highest BCUT2D eigenvalue weighted by Gasteiger charge is 2.20. The van der Waals surface area contributed by atoms with E-state index in [4.69, 9.17) is 5.11 Å². The minimum Gasteiger partial charge on any atom is -0.396 e. The van der Waals surface area contributed by atoms with Crippen molar-refractivity contribution in [2.75, 3.05) is 26.7 Å². The largest absolute Gasteiger partial charge is 0.396 e. The van der Waals surface area contributed by atoms with Crippen molar-refractivity contribution in [3.63, 3.8) is 0 Å². The molecule has 0 aromatic heterocycles. The SMILES string of the molecule is CC1CN(C)CC(CCO)N1. The van der Waals surface area contributed by atoms with Gasteiger partial charge < -0.3 is 15.3 Å². The normalized spacial score (nSPS) is 34.1. The topological polar surface area (TPSA) is 35.5 Å². The van der Waals surface area contributed by atoms with E-state index < -0.39 is 0 Å². The van der Waals surface area contributed by atoms with E-state index in [0.717, 1.165) is 19.5 Å². The van der Waals surface area contributed by atoms with Gasteiger partial charge in [0.1, 0.15) is 0 Å². The number of aliphatic hydroxyl groups excluding tert-OH is 1. The number of hydrogen-bond donors (Lipinski definition) is 2. The minimum atomic E-state index is 0.290. The second kappa shape index (κ2) is 4.04. The Balaban J connectivity index is 2.30. The summed E-state index contributed by atoms with van der Waals surface area (Å²) >= 11 is 0. The highest BCUT2D eigenvalue weighted by molar-refractivity contribution is 4.81. The van der Waals surface area contributed by atoms with E-state index in [9.17, 15) is 0 Å². The van der Waals surface area contributed by atoms with E-state index in [2.05, 4.69) is 24.2 Å². The van der Waals surface area contributed by atoms with E-state index in [1.165, 1.54) is 0 Å². The molecule has 0 saturated carbocycles. The van der Waals surface area contributed by atoms with Gasteiger partial charge in [-0.3, -0.25) is 0 Å². The van der Waals surface area contributed by atoms with Gasteiger partial charge in [-0.2, -0.15) is 0 Å². The first-order valence-electron chi connectivity index (χ1n) is 4.28. The number of hydrogen-bond acceptors (Lipinski definition) is 3. The lowest BCUT2D eigenvalue weighted by Crippen LogP contribution is -2.54. The summed E-state index contributed by atoms with van der Waals surface area (Å²) in [5, 5.41) is 12.2. The van der Waals surface area contributed by atoms with Crippen LogP contribution >= 0.6 is 0 Å². The molecule has 0 aliphatic carbocycles.